The van der Waals surface area contributed by atoms with Crippen LogP contribution in [0.25, 0.3) is 0 Å². The SMILES string of the molecule is CCN(CC)P(Cl)(=N[Si](C)(C)C)N1C(C)(C)CCCC1(C)C. The van der Waals surface area contributed by atoms with E-state index in [4.69, 9.17) is 15.7 Å². The van der Waals surface area contributed by atoms with Gasteiger partial charge in [-0.05, 0) is 77.8 Å². The van der Waals surface area contributed by atoms with Gasteiger partial charge in [-0.1, -0.05) is 13.8 Å². The predicted octanol–water partition coefficient (Wildman–Crippen LogP) is 6.39. The van der Waals surface area contributed by atoms with E-state index in [1.54, 1.807) is 0 Å². The molecule has 6 heteroatoms. The molecule has 3 nitrogen and oxygen atoms in total. The van der Waals surface area contributed by atoms with Crippen molar-refractivity contribution in [2.24, 2.45) is 4.41 Å². The predicted molar refractivity (Wildman–Crippen MR) is 105 cm³/mol. The summed E-state index contributed by atoms with van der Waals surface area (Å²) in [5.74, 6) is 0. The van der Waals surface area contributed by atoms with E-state index in [1.807, 2.05) is 0 Å². The smallest absolute Gasteiger partial charge is 0.178 e. The molecule has 1 saturated heterocycles. The Bertz CT molecular complexity index is 423. The monoisotopic (exact) mass is 365 g/mol. The first-order valence-electron chi connectivity index (χ1n) is 8.69. The summed E-state index contributed by atoms with van der Waals surface area (Å²) in [5, 5.41) is 0. The van der Waals surface area contributed by atoms with Gasteiger partial charge in [-0.2, -0.15) is 0 Å². The van der Waals surface area contributed by atoms with E-state index in [2.05, 4.69) is 70.5 Å². The van der Waals surface area contributed by atoms with E-state index in [9.17, 15) is 0 Å². The molecule has 1 unspecified atom stereocenters. The highest BCUT2D eigenvalue weighted by molar-refractivity contribution is 7.88. The van der Waals surface area contributed by atoms with Gasteiger partial charge < -0.3 is 0 Å². The highest BCUT2D eigenvalue weighted by Gasteiger charge is 2.50. The van der Waals surface area contributed by atoms with Gasteiger partial charge >= 0.3 is 0 Å². The average Bonchev–Trinajstić information content (AvgIpc) is 2.24. The molecule has 1 aliphatic heterocycles. The third kappa shape index (κ3) is 4.39. The van der Waals surface area contributed by atoms with Crippen LogP contribution in [0.3, 0.4) is 0 Å². The molecular weight excluding hydrogens is 329 g/mol. The Morgan fingerprint density at radius 3 is 1.77 bits per heavy atom. The molecule has 0 aliphatic carbocycles. The van der Waals surface area contributed by atoms with Crippen molar-refractivity contribution in [3.8, 4) is 0 Å². The number of piperidine rings is 1. The Morgan fingerprint density at radius 1 is 1.05 bits per heavy atom. The minimum absolute atomic E-state index is 0.100. The molecule has 0 radical (unpaired) electrons. The molecule has 0 saturated carbocycles. The quantitative estimate of drug-likeness (QED) is 0.415. The van der Waals surface area contributed by atoms with E-state index >= 15 is 0 Å². The van der Waals surface area contributed by atoms with Gasteiger partial charge in [0.2, 0.25) is 0 Å². The summed E-state index contributed by atoms with van der Waals surface area (Å²) in [6, 6.07) is 0. The van der Waals surface area contributed by atoms with Crippen molar-refractivity contribution in [3.05, 3.63) is 0 Å². The maximum atomic E-state index is 7.47. The van der Waals surface area contributed by atoms with Gasteiger partial charge in [-0.25, -0.2) is 9.34 Å². The van der Waals surface area contributed by atoms with Gasteiger partial charge in [0.15, 0.2) is 14.9 Å². The van der Waals surface area contributed by atoms with Crippen LogP contribution in [-0.2, 0) is 0 Å². The lowest BCUT2D eigenvalue weighted by Gasteiger charge is -2.58. The first-order chi connectivity index (χ1) is 9.80. The largest absolute Gasteiger partial charge is 0.300 e. The highest BCUT2D eigenvalue weighted by atomic mass is 35.7. The highest BCUT2D eigenvalue weighted by Crippen LogP contribution is 2.69. The molecule has 132 valence electrons. The summed E-state index contributed by atoms with van der Waals surface area (Å²) in [4.78, 5) is 0. The molecular formula is C16H37ClN3PSi. The van der Waals surface area contributed by atoms with Crippen molar-refractivity contribution in [1.82, 2.24) is 9.34 Å². The number of hydrogen-bond donors (Lipinski definition) is 0. The molecule has 1 fully saturated rings. The van der Waals surface area contributed by atoms with Crippen LogP contribution >= 0.6 is 17.9 Å². The van der Waals surface area contributed by atoms with Crippen molar-refractivity contribution in [2.45, 2.75) is 91.5 Å². The molecule has 0 aromatic rings. The topological polar surface area (TPSA) is 18.8 Å². The molecule has 22 heavy (non-hydrogen) atoms. The number of rotatable bonds is 5. The second-order valence-corrected chi connectivity index (χ2v) is 17.2. The van der Waals surface area contributed by atoms with Gasteiger partial charge in [0.05, 0.1) is 0 Å². The van der Waals surface area contributed by atoms with Gasteiger partial charge in [-0.3, -0.25) is 4.41 Å². The van der Waals surface area contributed by atoms with Crippen LogP contribution in [0.1, 0.15) is 60.8 Å². The standard InChI is InChI=1S/C16H37ClN3PSi/c1-10-19(11-2)21(17,18-22(7,8)9)20-15(3,4)13-12-14-16(20,5)6/h10-14H2,1-9H3. The molecule has 1 rings (SSSR count). The summed E-state index contributed by atoms with van der Waals surface area (Å²) in [6.45, 7) is 20.5. The number of halogens is 1. The normalized spacial score (nSPS) is 25.0. The van der Waals surface area contributed by atoms with E-state index < -0.39 is 14.9 Å². The Balaban J connectivity index is 3.58. The molecule has 0 aromatic heterocycles. The van der Waals surface area contributed by atoms with E-state index in [0.29, 0.717) is 0 Å². The molecule has 0 amide bonds. The van der Waals surface area contributed by atoms with Crippen LogP contribution in [0.4, 0.5) is 0 Å². The second kappa shape index (κ2) is 6.88. The van der Waals surface area contributed by atoms with Gasteiger partial charge in [0, 0.05) is 24.2 Å². The van der Waals surface area contributed by atoms with Gasteiger partial charge in [0.1, 0.15) is 0 Å². The van der Waals surface area contributed by atoms with Gasteiger partial charge in [-0.15, -0.1) is 0 Å². The first kappa shape index (κ1) is 20.7. The fourth-order valence-electron chi connectivity index (χ4n) is 3.87. The second-order valence-electron chi connectivity index (χ2n) is 8.70. The summed E-state index contributed by atoms with van der Waals surface area (Å²) in [7, 11) is -1.64. The number of hydrogen-bond acceptors (Lipinski definition) is 1. The Morgan fingerprint density at radius 2 is 1.45 bits per heavy atom. The van der Waals surface area contributed by atoms with Crippen molar-refractivity contribution in [2.75, 3.05) is 13.1 Å². The Kier molecular flexibility index (Phi) is 6.47. The zero-order valence-electron chi connectivity index (χ0n) is 16.2. The Hall–Kier alpha value is 0.657. The molecule has 1 aliphatic rings. The van der Waals surface area contributed by atoms with Crippen molar-refractivity contribution >= 4 is 26.2 Å². The lowest BCUT2D eigenvalue weighted by Crippen LogP contribution is -2.57. The zero-order chi connectivity index (χ0) is 17.4. The van der Waals surface area contributed by atoms with Crippen LogP contribution in [0.2, 0.25) is 19.6 Å². The molecule has 0 N–H and O–H groups in total. The fourth-order valence-corrected chi connectivity index (χ4v) is 14.3. The van der Waals surface area contributed by atoms with E-state index in [1.165, 1.54) is 19.3 Å². The third-order valence-electron chi connectivity index (χ3n) is 4.50. The lowest BCUT2D eigenvalue weighted by molar-refractivity contribution is 0.0546. The Labute approximate surface area is 144 Å². The maximum Gasteiger partial charge on any atom is 0.178 e. The van der Waals surface area contributed by atoms with Crippen molar-refractivity contribution in [1.29, 1.82) is 0 Å². The van der Waals surface area contributed by atoms with Crippen molar-refractivity contribution < 1.29 is 0 Å². The zero-order valence-corrected chi connectivity index (χ0v) is 18.9. The first-order valence-corrected chi connectivity index (χ1v) is 14.7. The van der Waals surface area contributed by atoms with Gasteiger partial charge in [0.25, 0.3) is 0 Å². The summed E-state index contributed by atoms with van der Waals surface area (Å²) < 4.78 is 10.4. The fraction of sp³-hybridized carbons (Fsp3) is 1.00. The minimum atomic E-state index is -2.19. The van der Waals surface area contributed by atoms with Crippen LogP contribution < -0.4 is 0 Å². The van der Waals surface area contributed by atoms with E-state index in [-0.39, 0.29) is 11.1 Å². The summed E-state index contributed by atoms with van der Waals surface area (Å²) in [5.41, 5.74) is 0.200. The third-order valence-corrected chi connectivity index (χ3v) is 12.6. The molecule has 0 spiro atoms. The van der Waals surface area contributed by atoms with Crippen LogP contribution in [0, 0.1) is 0 Å². The number of nitrogens with zero attached hydrogens (tertiary/aromatic N) is 3. The molecule has 0 bridgehead atoms. The minimum Gasteiger partial charge on any atom is -0.300 e. The average molecular weight is 366 g/mol. The molecule has 1 heterocycles. The van der Waals surface area contributed by atoms with E-state index in [0.717, 1.165) is 13.1 Å². The maximum absolute atomic E-state index is 7.47. The van der Waals surface area contributed by atoms with Crippen LogP contribution in [0.5, 0.6) is 0 Å². The van der Waals surface area contributed by atoms with Crippen molar-refractivity contribution in [3.63, 3.8) is 0 Å². The lowest BCUT2D eigenvalue weighted by atomic mass is 9.83. The summed E-state index contributed by atoms with van der Waals surface area (Å²) >= 11 is 7.47. The molecule has 0 aromatic carbocycles. The van der Waals surface area contributed by atoms with Crippen LogP contribution in [0.15, 0.2) is 4.41 Å². The summed E-state index contributed by atoms with van der Waals surface area (Å²) in [6.07, 6.45) is 3.68. The van der Waals surface area contributed by atoms with Crippen LogP contribution in [-0.4, -0.2) is 41.7 Å². The molecule has 1 atom stereocenters.